The van der Waals surface area contributed by atoms with Crippen LogP contribution in [0.15, 0.2) is 23.0 Å². The summed E-state index contributed by atoms with van der Waals surface area (Å²) < 4.78 is 20.6. The highest BCUT2D eigenvalue weighted by Gasteiger charge is 2.12. The summed E-state index contributed by atoms with van der Waals surface area (Å²) in [4.78, 5) is 3.96. The molecule has 7 nitrogen and oxygen atoms in total. The van der Waals surface area contributed by atoms with Crippen LogP contribution in [0.4, 0.5) is 0 Å². The largest absolute Gasteiger partial charge is 0.493 e. The molecule has 0 amide bonds. The fraction of sp³-hybridized carbons (Fsp3) is 0.429. The minimum absolute atomic E-state index is 0.593. The fourth-order valence-electron chi connectivity index (χ4n) is 1.97. The van der Waals surface area contributed by atoms with Crippen molar-refractivity contribution in [2.45, 2.75) is 13.0 Å². The molecule has 0 spiro atoms. The molecule has 2 rings (SSSR count). The van der Waals surface area contributed by atoms with E-state index in [0.29, 0.717) is 36.0 Å². The van der Waals surface area contributed by atoms with Crippen molar-refractivity contribution in [2.75, 3.05) is 27.9 Å². The van der Waals surface area contributed by atoms with Gasteiger partial charge in [-0.15, -0.1) is 0 Å². The molecular weight excluding hydrogens is 274 g/mol. The second kappa shape index (κ2) is 7.49. The van der Waals surface area contributed by atoms with Crippen molar-refractivity contribution in [1.29, 1.82) is 0 Å². The third kappa shape index (κ3) is 3.85. The highest BCUT2D eigenvalue weighted by molar-refractivity contribution is 5.53. The summed E-state index contributed by atoms with van der Waals surface area (Å²) in [5.74, 6) is 2.57. The maximum Gasteiger partial charge on any atom is 0.213 e. The molecule has 1 aromatic carbocycles. The van der Waals surface area contributed by atoms with Gasteiger partial charge in [-0.2, -0.15) is 4.98 Å². The molecule has 0 saturated heterocycles. The van der Waals surface area contributed by atoms with Crippen LogP contribution in [0.3, 0.4) is 0 Å². The first-order valence-corrected chi connectivity index (χ1v) is 6.53. The van der Waals surface area contributed by atoms with Gasteiger partial charge in [0, 0.05) is 19.5 Å². The van der Waals surface area contributed by atoms with E-state index in [4.69, 9.17) is 14.2 Å². The molecule has 0 aliphatic rings. The Balaban J connectivity index is 1.96. The molecule has 21 heavy (non-hydrogen) atoms. The molecular formula is C14H19N3O4. The molecule has 0 unspecified atom stereocenters. The number of hydrogen-bond acceptors (Lipinski definition) is 7. The summed E-state index contributed by atoms with van der Waals surface area (Å²) >= 11 is 0. The number of methoxy groups -OCH3 is 3. The van der Waals surface area contributed by atoms with E-state index < -0.39 is 0 Å². The van der Waals surface area contributed by atoms with Gasteiger partial charge in [-0.1, -0.05) is 5.16 Å². The molecule has 1 N–H and O–H groups in total. The second-order valence-corrected chi connectivity index (χ2v) is 4.31. The first kappa shape index (κ1) is 15.1. The number of nitrogens with one attached hydrogen (secondary N) is 1. The van der Waals surface area contributed by atoms with E-state index in [0.717, 1.165) is 12.1 Å². The van der Waals surface area contributed by atoms with Crippen LogP contribution >= 0.6 is 0 Å². The average molecular weight is 293 g/mol. The highest BCUT2D eigenvalue weighted by Crippen LogP contribution is 2.38. The van der Waals surface area contributed by atoms with Crippen molar-refractivity contribution in [3.8, 4) is 17.2 Å². The monoisotopic (exact) mass is 293 g/mol. The Labute approximate surface area is 123 Å². The van der Waals surface area contributed by atoms with Crippen LogP contribution in [0.25, 0.3) is 0 Å². The van der Waals surface area contributed by atoms with Gasteiger partial charge in [0.05, 0.1) is 21.3 Å². The maximum absolute atomic E-state index is 5.32. The summed E-state index contributed by atoms with van der Waals surface area (Å²) in [7, 11) is 4.79. The predicted molar refractivity (Wildman–Crippen MR) is 75.8 cm³/mol. The van der Waals surface area contributed by atoms with Crippen LogP contribution in [0.1, 0.15) is 11.4 Å². The lowest BCUT2D eigenvalue weighted by Gasteiger charge is -2.14. The zero-order valence-corrected chi connectivity index (χ0v) is 12.4. The van der Waals surface area contributed by atoms with Crippen molar-refractivity contribution in [3.05, 3.63) is 29.9 Å². The van der Waals surface area contributed by atoms with Crippen molar-refractivity contribution in [1.82, 2.24) is 15.5 Å². The molecule has 0 aliphatic carbocycles. The van der Waals surface area contributed by atoms with E-state index in [2.05, 4.69) is 20.0 Å². The number of nitrogens with zero attached hydrogens (tertiary/aromatic N) is 2. The van der Waals surface area contributed by atoms with Crippen LogP contribution in [-0.4, -0.2) is 38.0 Å². The van der Waals surface area contributed by atoms with Gasteiger partial charge in [-0.05, 0) is 17.7 Å². The molecule has 0 atom stereocenters. The van der Waals surface area contributed by atoms with Gasteiger partial charge in [0.25, 0.3) is 0 Å². The first-order valence-electron chi connectivity index (χ1n) is 6.53. The lowest BCUT2D eigenvalue weighted by Crippen LogP contribution is -2.17. The number of benzene rings is 1. The van der Waals surface area contributed by atoms with E-state index in [1.165, 1.54) is 6.39 Å². The molecule has 0 aliphatic heterocycles. The van der Waals surface area contributed by atoms with Gasteiger partial charge in [0.15, 0.2) is 17.3 Å². The smallest absolute Gasteiger partial charge is 0.213 e. The Morgan fingerprint density at radius 1 is 1.10 bits per heavy atom. The molecule has 0 saturated carbocycles. The van der Waals surface area contributed by atoms with Gasteiger partial charge >= 0.3 is 0 Å². The van der Waals surface area contributed by atoms with E-state index in [-0.39, 0.29) is 0 Å². The Hall–Kier alpha value is -2.28. The summed E-state index contributed by atoms with van der Waals surface area (Å²) in [5, 5.41) is 7.06. The maximum atomic E-state index is 5.32. The fourth-order valence-corrected chi connectivity index (χ4v) is 1.97. The summed E-state index contributed by atoms with van der Waals surface area (Å²) in [6.45, 7) is 1.42. The topological polar surface area (TPSA) is 78.6 Å². The minimum Gasteiger partial charge on any atom is -0.493 e. The van der Waals surface area contributed by atoms with Crippen molar-refractivity contribution < 1.29 is 18.7 Å². The van der Waals surface area contributed by atoms with Crippen molar-refractivity contribution >= 4 is 0 Å². The zero-order valence-electron chi connectivity index (χ0n) is 12.4. The average Bonchev–Trinajstić information content (AvgIpc) is 3.03. The predicted octanol–water partition coefficient (Wildman–Crippen LogP) is 1.43. The zero-order chi connectivity index (χ0) is 15.1. The molecule has 2 aromatic rings. The molecule has 0 bridgehead atoms. The number of rotatable bonds is 8. The Kier molecular flexibility index (Phi) is 5.39. The van der Waals surface area contributed by atoms with Gasteiger partial charge in [-0.3, -0.25) is 0 Å². The van der Waals surface area contributed by atoms with E-state index >= 15 is 0 Å². The van der Waals surface area contributed by atoms with Crippen molar-refractivity contribution in [3.63, 3.8) is 0 Å². The summed E-state index contributed by atoms with van der Waals surface area (Å²) in [6.07, 6.45) is 2.04. The van der Waals surface area contributed by atoms with Crippen LogP contribution in [-0.2, 0) is 13.0 Å². The SMILES string of the molecule is COc1cc(CNCCc2ncon2)cc(OC)c1OC. The Morgan fingerprint density at radius 2 is 1.81 bits per heavy atom. The lowest BCUT2D eigenvalue weighted by molar-refractivity contribution is 0.323. The van der Waals surface area contributed by atoms with Crippen LogP contribution in [0.2, 0.25) is 0 Å². The molecule has 114 valence electrons. The quantitative estimate of drug-likeness (QED) is 0.737. The second-order valence-electron chi connectivity index (χ2n) is 4.31. The third-order valence-electron chi connectivity index (χ3n) is 2.99. The molecule has 1 heterocycles. The van der Waals surface area contributed by atoms with Crippen LogP contribution in [0, 0.1) is 0 Å². The summed E-state index contributed by atoms with van der Waals surface area (Å²) in [5.41, 5.74) is 1.04. The van der Waals surface area contributed by atoms with E-state index in [1.54, 1.807) is 21.3 Å². The molecule has 7 heteroatoms. The van der Waals surface area contributed by atoms with Gasteiger partial charge < -0.3 is 24.1 Å². The molecule has 0 radical (unpaired) electrons. The van der Waals surface area contributed by atoms with Crippen LogP contribution in [0.5, 0.6) is 17.2 Å². The van der Waals surface area contributed by atoms with Gasteiger partial charge in [-0.25, -0.2) is 0 Å². The molecule has 0 fully saturated rings. The number of aromatic nitrogens is 2. The first-order chi connectivity index (χ1) is 10.3. The lowest BCUT2D eigenvalue weighted by atomic mass is 10.1. The van der Waals surface area contributed by atoms with Gasteiger partial charge in [0.1, 0.15) is 0 Å². The third-order valence-corrected chi connectivity index (χ3v) is 2.99. The number of hydrogen-bond donors (Lipinski definition) is 1. The normalized spacial score (nSPS) is 10.4. The Bertz CT molecular complexity index is 532. The minimum atomic E-state index is 0.593. The van der Waals surface area contributed by atoms with E-state index in [1.807, 2.05) is 12.1 Å². The van der Waals surface area contributed by atoms with Crippen LogP contribution < -0.4 is 19.5 Å². The van der Waals surface area contributed by atoms with Crippen molar-refractivity contribution in [2.24, 2.45) is 0 Å². The molecule has 1 aromatic heterocycles. The number of ether oxygens (including phenoxy) is 3. The van der Waals surface area contributed by atoms with E-state index in [9.17, 15) is 0 Å². The van der Waals surface area contributed by atoms with Gasteiger partial charge in [0.2, 0.25) is 12.1 Å². The highest BCUT2D eigenvalue weighted by atomic mass is 16.5. The Morgan fingerprint density at radius 3 is 2.33 bits per heavy atom. The summed E-state index contributed by atoms with van der Waals surface area (Å²) in [6, 6.07) is 3.84. The standard InChI is InChI=1S/C14H19N3O4/c1-18-11-6-10(7-12(19-2)14(11)20-3)8-15-5-4-13-16-9-21-17-13/h6-7,9,15H,4-5,8H2,1-3H3.